The maximum atomic E-state index is 12.7. The van der Waals surface area contributed by atoms with Crippen molar-refractivity contribution in [1.29, 1.82) is 0 Å². The minimum Gasteiger partial charge on any atom is -0.379 e. The average molecular weight is 395 g/mol. The van der Waals surface area contributed by atoms with E-state index >= 15 is 0 Å². The number of nitrogens with one attached hydrogen (secondary N) is 1. The third-order valence-corrected chi connectivity index (χ3v) is 6.71. The Labute approximate surface area is 159 Å². The van der Waals surface area contributed by atoms with Gasteiger partial charge in [0.2, 0.25) is 15.9 Å². The molecule has 0 aliphatic carbocycles. The molecule has 0 saturated carbocycles. The maximum Gasteiger partial charge on any atom is 0.251 e. The molecule has 2 amide bonds. The molecule has 9 heteroatoms. The number of hydrogen-bond acceptors (Lipinski definition) is 5. The molecule has 3 rings (SSSR count). The lowest BCUT2D eigenvalue weighted by Crippen LogP contribution is -2.42. The van der Waals surface area contributed by atoms with Crippen molar-refractivity contribution in [3.05, 3.63) is 29.8 Å². The number of piperidine rings is 1. The van der Waals surface area contributed by atoms with Gasteiger partial charge >= 0.3 is 0 Å². The largest absolute Gasteiger partial charge is 0.379 e. The van der Waals surface area contributed by atoms with E-state index in [2.05, 4.69) is 5.32 Å². The molecule has 2 aliphatic heterocycles. The Morgan fingerprint density at radius 2 is 1.74 bits per heavy atom. The first-order valence-electron chi connectivity index (χ1n) is 9.22. The minimum absolute atomic E-state index is 0.0689. The molecule has 0 spiro atoms. The Kier molecular flexibility index (Phi) is 6.46. The van der Waals surface area contributed by atoms with Gasteiger partial charge in [-0.1, -0.05) is 6.07 Å². The highest BCUT2D eigenvalue weighted by Crippen LogP contribution is 2.18. The smallest absolute Gasteiger partial charge is 0.251 e. The number of benzene rings is 1. The molecular weight excluding hydrogens is 370 g/mol. The summed E-state index contributed by atoms with van der Waals surface area (Å²) in [6, 6.07) is 5.90. The van der Waals surface area contributed by atoms with Crippen LogP contribution in [0.2, 0.25) is 0 Å². The summed E-state index contributed by atoms with van der Waals surface area (Å²) in [5, 5.41) is 2.60. The van der Waals surface area contributed by atoms with E-state index in [9.17, 15) is 18.0 Å². The van der Waals surface area contributed by atoms with Crippen LogP contribution < -0.4 is 5.32 Å². The molecule has 1 aromatic carbocycles. The van der Waals surface area contributed by atoms with E-state index in [1.807, 2.05) is 0 Å². The number of ether oxygens (including phenoxy) is 1. The van der Waals surface area contributed by atoms with Crippen molar-refractivity contribution in [3.8, 4) is 0 Å². The van der Waals surface area contributed by atoms with Crippen LogP contribution in [0.15, 0.2) is 29.2 Å². The lowest BCUT2D eigenvalue weighted by atomic mass is 10.1. The maximum absolute atomic E-state index is 12.7. The summed E-state index contributed by atoms with van der Waals surface area (Å²) in [6.07, 6.45) is 3.10. The number of nitrogens with zero attached hydrogens (tertiary/aromatic N) is 2. The van der Waals surface area contributed by atoms with E-state index < -0.39 is 15.9 Å². The van der Waals surface area contributed by atoms with Crippen LogP contribution in [-0.2, 0) is 19.6 Å². The van der Waals surface area contributed by atoms with Gasteiger partial charge in [0.05, 0.1) is 24.7 Å². The van der Waals surface area contributed by atoms with Gasteiger partial charge in [0.25, 0.3) is 5.91 Å². The van der Waals surface area contributed by atoms with Crippen molar-refractivity contribution in [2.45, 2.75) is 24.2 Å². The van der Waals surface area contributed by atoms with E-state index in [0.717, 1.165) is 32.4 Å². The standard InChI is InChI=1S/C18H25N3O5S/c22-17(20-7-2-1-3-8-20)14-19-18(23)15-5-4-6-16(13-15)27(24,25)21-9-11-26-12-10-21/h4-6,13H,1-3,7-12,14H2,(H,19,23). The Hall–Kier alpha value is -1.97. The number of sulfonamides is 1. The predicted molar refractivity (Wildman–Crippen MR) is 98.8 cm³/mol. The average Bonchev–Trinajstić information content (AvgIpc) is 2.73. The SMILES string of the molecule is O=C(NCC(=O)N1CCCCC1)c1cccc(S(=O)(=O)N2CCOCC2)c1. The van der Waals surface area contributed by atoms with Crippen LogP contribution in [0.1, 0.15) is 29.6 Å². The van der Waals surface area contributed by atoms with Crippen LogP contribution in [0.3, 0.4) is 0 Å². The fourth-order valence-electron chi connectivity index (χ4n) is 3.25. The number of carbonyl (C=O) groups excluding carboxylic acids is 2. The van der Waals surface area contributed by atoms with Gasteiger partial charge in [0.1, 0.15) is 0 Å². The summed E-state index contributed by atoms with van der Waals surface area (Å²) in [5.41, 5.74) is 0.218. The molecule has 2 saturated heterocycles. The van der Waals surface area contributed by atoms with Crippen LogP contribution in [0.4, 0.5) is 0 Å². The van der Waals surface area contributed by atoms with Gasteiger partial charge in [-0.25, -0.2) is 8.42 Å². The molecule has 27 heavy (non-hydrogen) atoms. The van der Waals surface area contributed by atoms with Crippen LogP contribution in [0, 0.1) is 0 Å². The lowest BCUT2D eigenvalue weighted by molar-refractivity contribution is -0.130. The fraction of sp³-hybridized carbons (Fsp3) is 0.556. The number of rotatable bonds is 5. The summed E-state index contributed by atoms with van der Waals surface area (Å²) in [5.74, 6) is -0.570. The van der Waals surface area contributed by atoms with Crippen LogP contribution >= 0.6 is 0 Å². The van der Waals surface area contributed by atoms with Gasteiger partial charge in [-0.3, -0.25) is 9.59 Å². The van der Waals surface area contributed by atoms with E-state index in [4.69, 9.17) is 4.74 Å². The third-order valence-electron chi connectivity index (χ3n) is 4.81. The topological polar surface area (TPSA) is 96.0 Å². The summed E-state index contributed by atoms with van der Waals surface area (Å²) < 4.78 is 32.0. The Morgan fingerprint density at radius 1 is 1.04 bits per heavy atom. The normalized spacial score (nSPS) is 18.9. The van der Waals surface area contributed by atoms with Gasteiger partial charge in [-0.05, 0) is 37.5 Å². The summed E-state index contributed by atoms with van der Waals surface area (Å²) in [4.78, 5) is 26.4. The van der Waals surface area contributed by atoms with Gasteiger partial charge in [0, 0.05) is 31.7 Å². The molecule has 1 N–H and O–H groups in total. The first kappa shape index (κ1) is 19.8. The molecule has 0 radical (unpaired) electrons. The molecule has 0 atom stereocenters. The van der Waals surface area contributed by atoms with E-state index in [1.165, 1.54) is 22.5 Å². The first-order valence-corrected chi connectivity index (χ1v) is 10.7. The van der Waals surface area contributed by atoms with Gasteiger partial charge in [-0.15, -0.1) is 0 Å². The van der Waals surface area contributed by atoms with Crippen molar-refractivity contribution in [2.75, 3.05) is 45.9 Å². The molecule has 2 fully saturated rings. The zero-order chi connectivity index (χ0) is 19.3. The Balaban J connectivity index is 1.64. The van der Waals surface area contributed by atoms with Crippen molar-refractivity contribution in [2.24, 2.45) is 0 Å². The van der Waals surface area contributed by atoms with Crippen LogP contribution in [0.5, 0.6) is 0 Å². The van der Waals surface area contributed by atoms with Gasteiger partial charge < -0.3 is 15.0 Å². The van der Waals surface area contributed by atoms with Crippen molar-refractivity contribution in [1.82, 2.24) is 14.5 Å². The Morgan fingerprint density at radius 3 is 2.44 bits per heavy atom. The van der Waals surface area contributed by atoms with Crippen molar-refractivity contribution < 1.29 is 22.7 Å². The minimum atomic E-state index is -3.67. The molecule has 148 valence electrons. The van der Waals surface area contributed by atoms with E-state index in [-0.39, 0.29) is 22.9 Å². The summed E-state index contributed by atoms with van der Waals surface area (Å²) >= 11 is 0. The molecular formula is C18H25N3O5S. The molecule has 2 aliphatic rings. The highest BCUT2D eigenvalue weighted by molar-refractivity contribution is 7.89. The van der Waals surface area contributed by atoms with Crippen molar-refractivity contribution >= 4 is 21.8 Å². The molecule has 0 bridgehead atoms. The molecule has 0 aromatic heterocycles. The molecule has 2 heterocycles. The van der Waals surface area contributed by atoms with Gasteiger partial charge in [-0.2, -0.15) is 4.31 Å². The summed E-state index contributed by atoms with van der Waals surface area (Å²) in [6.45, 7) is 2.67. The first-order chi connectivity index (χ1) is 13.0. The van der Waals surface area contributed by atoms with Crippen LogP contribution in [-0.4, -0.2) is 75.4 Å². The number of amides is 2. The second kappa shape index (κ2) is 8.81. The lowest BCUT2D eigenvalue weighted by Gasteiger charge is -2.27. The fourth-order valence-corrected chi connectivity index (χ4v) is 4.70. The quantitative estimate of drug-likeness (QED) is 0.781. The zero-order valence-electron chi connectivity index (χ0n) is 15.2. The number of carbonyl (C=O) groups is 2. The van der Waals surface area contributed by atoms with Gasteiger partial charge in [0.15, 0.2) is 0 Å². The molecule has 8 nitrogen and oxygen atoms in total. The predicted octanol–water partition coefficient (Wildman–Crippen LogP) is 0.450. The number of hydrogen-bond donors (Lipinski definition) is 1. The highest BCUT2D eigenvalue weighted by atomic mass is 32.2. The van der Waals surface area contributed by atoms with Crippen LogP contribution in [0.25, 0.3) is 0 Å². The monoisotopic (exact) mass is 395 g/mol. The zero-order valence-corrected chi connectivity index (χ0v) is 16.0. The number of likely N-dealkylation sites (tertiary alicyclic amines) is 1. The molecule has 0 unspecified atom stereocenters. The van der Waals surface area contributed by atoms with E-state index in [1.54, 1.807) is 11.0 Å². The van der Waals surface area contributed by atoms with Crippen molar-refractivity contribution in [3.63, 3.8) is 0 Å². The summed E-state index contributed by atoms with van der Waals surface area (Å²) in [7, 11) is -3.67. The Bertz CT molecular complexity index is 784. The van der Waals surface area contributed by atoms with E-state index in [0.29, 0.717) is 26.3 Å². The highest BCUT2D eigenvalue weighted by Gasteiger charge is 2.27. The third kappa shape index (κ3) is 4.85. The molecule has 1 aromatic rings. The second-order valence-corrected chi connectivity index (χ2v) is 8.61. The number of morpholine rings is 1. The second-order valence-electron chi connectivity index (χ2n) is 6.67.